The number of rotatable bonds is 6. The molecular weight excluding hydrogens is 150 g/mol. The molecule has 0 aromatic heterocycles. The highest BCUT2D eigenvalue weighted by atomic mass is 19.3. The lowest BCUT2D eigenvalue weighted by molar-refractivity contribution is 0.0912. The molecule has 0 radical (unpaired) electrons. The molecule has 0 spiro atoms. The van der Waals surface area contributed by atoms with E-state index >= 15 is 0 Å². The summed E-state index contributed by atoms with van der Waals surface area (Å²) in [6, 6.07) is 0. The van der Waals surface area contributed by atoms with E-state index < -0.39 is 12.5 Å². The first kappa shape index (κ1) is 10.8. The van der Waals surface area contributed by atoms with Crippen molar-refractivity contribution >= 4 is 0 Å². The first-order valence-corrected chi connectivity index (χ1v) is 4.13. The lowest BCUT2D eigenvalue weighted by Gasteiger charge is -2.08. The van der Waals surface area contributed by atoms with Crippen LogP contribution in [0.4, 0.5) is 8.78 Å². The Hall–Kier alpha value is -0.180. The Balaban J connectivity index is 3.15. The largest absolute Gasteiger partial charge is 0.393 e. The van der Waals surface area contributed by atoms with Crippen LogP contribution in [0.15, 0.2) is 0 Å². The second-order valence-corrected chi connectivity index (χ2v) is 2.76. The van der Waals surface area contributed by atoms with Gasteiger partial charge in [-0.3, -0.25) is 0 Å². The number of hydrogen-bond donors (Lipinski definition) is 1. The molecule has 1 nitrogen and oxygen atoms in total. The number of hydrogen-bond acceptors (Lipinski definition) is 1. The highest BCUT2D eigenvalue weighted by Crippen LogP contribution is 2.10. The van der Waals surface area contributed by atoms with Crippen molar-refractivity contribution in [2.24, 2.45) is 0 Å². The Morgan fingerprint density at radius 1 is 1.18 bits per heavy atom. The first-order chi connectivity index (χ1) is 5.16. The molecule has 0 unspecified atom stereocenters. The van der Waals surface area contributed by atoms with Gasteiger partial charge >= 0.3 is 0 Å². The quantitative estimate of drug-likeness (QED) is 0.643. The van der Waals surface area contributed by atoms with E-state index in [1.807, 2.05) is 6.92 Å². The van der Waals surface area contributed by atoms with Crippen molar-refractivity contribution in [3.8, 4) is 0 Å². The zero-order chi connectivity index (χ0) is 8.69. The molecule has 11 heavy (non-hydrogen) atoms. The SMILES string of the molecule is CCCC[C@@H](O)CCC(F)F. The molecule has 3 heteroatoms. The maximum absolute atomic E-state index is 11.6. The predicted octanol–water partition coefficient (Wildman–Crippen LogP) is 2.58. The maximum Gasteiger partial charge on any atom is 0.238 e. The summed E-state index contributed by atoms with van der Waals surface area (Å²) in [6.45, 7) is 2.01. The second-order valence-electron chi connectivity index (χ2n) is 2.76. The molecule has 68 valence electrons. The van der Waals surface area contributed by atoms with Gasteiger partial charge in [0.05, 0.1) is 6.10 Å². The van der Waals surface area contributed by atoms with E-state index in [0.29, 0.717) is 6.42 Å². The van der Waals surface area contributed by atoms with Crippen molar-refractivity contribution in [1.82, 2.24) is 0 Å². The number of unbranched alkanes of at least 4 members (excludes halogenated alkanes) is 1. The minimum Gasteiger partial charge on any atom is -0.393 e. The van der Waals surface area contributed by atoms with Crippen LogP contribution >= 0.6 is 0 Å². The maximum atomic E-state index is 11.6. The lowest BCUT2D eigenvalue weighted by atomic mass is 10.1. The molecule has 0 aliphatic rings. The number of alkyl halides is 2. The molecule has 0 fully saturated rings. The molecule has 0 aromatic rings. The summed E-state index contributed by atoms with van der Waals surface area (Å²) in [5, 5.41) is 9.10. The van der Waals surface area contributed by atoms with Gasteiger partial charge in [-0.1, -0.05) is 19.8 Å². The van der Waals surface area contributed by atoms with Gasteiger partial charge in [0.2, 0.25) is 6.43 Å². The van der Waals surface area contributed by atoms with Gasteiger partial charge in [-0.2, -0.15) is 0 Å². The zero-order valence-electron chi connectivity index (χ0n) is 6.89. The monoisotopic (exact) mass is 166 g/mol. The lowest BCUT2D eigenvalue weighted by Crippen LogP contribution is -2.08. The van der Waals surface area contributed by atoms with E-state index in [1.165, 1.54) is 0 Å². The van der Waals surface area contributed by atoms with Crippen molar-refractivity contribution in [3.63, 3.8) is 0 Å². The van der Waals surface area contributed by atoms with E-state index in [4.69, 9.17) is 5.11 Å². The van der Waals surface area contributed by atoms with Crippen molar-refractivity contribution in [2.45, 2.75) is 51.6 Å². The van der Waals surface area contributed by atoms with E-state index in [1.54, 1.807) is 0 Å². The predicted molar refractivity (Wildman–Crippen MR) is 40.8 cm³/mol. The van der Waals surface area contributed by atoms with Crippen LogP contribution in [0.3, 0.4) is 0 Å². The van der Waals surface area contributed by atoms with Crippen LogP contribution < -0.4 is 0 Å². The van der Waals surface area contributed by atoms with E-state index in [2.05, 4.69) is 0 Å². The minimum atomic E-state index is -2.27. The van der Waals surface area contributed by atoms with E-state index in [-0.39, 0.29) is 12.8 Å². The molecule has 1 N–H and O–H groups in total. The van der Waals surface area contributed by atoms with Crippen molar-refractivity contribution in [1.29, 1.82) is 0 Å². The number of aliphatic hydroxyl groups is 1. The minimum absolute atomic E-state index is 0.176. The highest BCUT2D eigenvalue weighted by molar-refractivity contribution is 4.56. The van der Waals surface area contributed by atoms with Gasteiger partial charge in [-0.25, -0.2) is 8.78 Å². The second kappa shape index (κ2) is 6.53. The molecular formula is C8H16F2O. The molecule has 1 atom stereocenters. The van der Waals surface area contributed by atoms with Crippen LogP contribution in [0.25, 0.3) is 0 Å². The third-order valence-corrected chi connectivity index (χ3v) is 1.61. The zero-order valence-corrected chi connectivity index (χ0v) is 6.89. The molecule has 0 saturated heterocycles. The Kier molecular flexibility index (Phi) is 6.42. The number of aliphatic hydroxyl groups excluding tert-OH is 1. The van der Waals surface area contributed by atoms with Crippen LogP contribution in [0.5, 0.6) is 0 Å². The van der Waals surface area contributed by atoms with E-state index in [0.717, 1.165) is 12.8 Å². The standard InChI is InChI=1S/C8H16F2O/c1-2-3-4-7(11)5-6-8(9)10/h7-8,11H,2-6H2,1H3/t7-/m1/s1. The normalized spacial score (nSPS) is 13.9. The van der Waals surface area contributed by atoms with Crippen LogP contribution in [0.1, 0.15) is 39.0 Å². The van der Waals surface area contributed by atoms with E-state index in [9.17, 15) is 8.78 Å². The highest BCUT2D eigenvalue weighted by Gasteiger charge is 2.07. The molecule has 0 aliphatic carbocycles. The van der Waals surface area contributed by atoms with Gasteiger partial charge in [0.1, 0.15) is 0 Å². The van der Waals surface area contributed by atoms with Gasteiger partial charge < -0.3 is 5.11 Å². The molecule has 0 aliphatic heterocycles. The number of halogens is 2. The molecule has 0 amide bonds. The molecule has 0 heterocycles. The smallest absolute Gasteiger partial charge is 0.238 e. The fraction of sp³-hybridized carbons (Fsp3) is 1.00. The first-order valence-electron chi connectivity index (χ1n) is 4.13. The summed E-state index contributed by atoms with van der Waals surface area (Å²) in [7, 11) is 0. The average molecular weight is 166 g/mol. The third kappa shape index (κ3) is 7.72. The average Bonchev–Trinajstić information content (AvgIpc) is 1.97. The van der Waals surface area contributed by atoms with Gasteiger partial charge in [0.15, 0.2) is 0 Å². The van der Waals surface area contributed by atoms with Crippen molar-refractivity contribution < 1.29 is 13.9 Å². The molecule has 0 rings (SSSR count). The van der Waals surface area contributed by atoms with Crippen LogP contribution in [0.2, 0.25) is 0 Å². The molecule has 0 aromatic carbocycles. The van der Waals surface area contributed by atoms with Gasteiger partial charge in [0, 0.05) is 6.42 Å². The van der Waals surface area contributed by atoms with Crippen LogP contribution in [-0.4, -0.2) is 17.6 Å². The summed E-state index contributed by atoms with van der Waals surface area (Å²) in [4.78, 5) is 0. The van der Waals surface area contributed by atoms with Gasteiger partial charge in [0.25, 0.3) is 0 Å². The Labute approximate surface area is 66.4 Å². The van der Waals surface area contributed by atoms with Gasteiger partial charge in [-0.15, -0.1) is 0 Å². The van der Waals surface area contributed by atoms with Crippen molar-refractivity contribution in [2.75, 3.05) is 0 Å². The van der Waals surface area contributed by atoms with Gasteiger partial charge in [-0.05, 0) is 12.8 Å². The molecule has 0 bridgehead atoms. The topological polar surface area (TPSA) is 20.2 Å². The Morgan fingerprint density at radius 2 is 1.82 bits per heavy atom. The fourth-order valence-corrected chi connectivity index (χ4v) is 0.902. The molecule has 0 saturated carbocycles. The summed E-state index contributed by atoms with van der Waals surface area (Å²) < 4.78 is 23.2. The summed E-state index contributed by atoms with van der Waals surface area (Å²) in [5.74, 6) is 0. The van der Waals surface area contributed by atoms with Crippen LogP contribution in [-0.2, 0) is 0 Å². The summed E-state index contributed by atoms with van der Waals surface area (Å²) >= 11 is 0. The summed E-state index contributed by atoms with van der Waals surface area (Å²) in [5.41, 5.74) is 0. The fourth-order valence-electron chi connectivity index (χ4n) is 0.902. The summed E-state index contributed by atoms with van der Waals surface area (Å²) in [6.07, 6.45) is -0.155. The Bertz CT molecular complexity index is 86.2. The van der Waals surface area contributed by atoms with Crippen molar-refractivity contribution in [3.05, 3.63) is 0 Å². The Morgan fingerprint density at radius 3 is 2.27 bits per heavy atom. The van der Waals surface area contributed by atoms with Crippen LogP contribution in [0, 0.1) is 0 Å². The third-order valence-electron chi connectivity index (χ3n) is 1.61.